The van der Waals surface area contributed by atoms with E-state index < -0.39 is 12.0 Å². The molecule has 2 N–H and O–H groups in total. The summed E-state index contributed by atoms with van der Waals surface area (Å²) >= 11 is 3.43. The summed E-state index contributed by atoms with van der Waals surface area (Å²) in [5.41, 5.74) is 5.92. The third-order valence-electron chi connectivity index (χ3n) is 6.20. The Morgan fingerprint density at radius 2 is 1.91 bits per heavy atom. The number of halogens is 1. The van der Waals surface area contributed by atoms with Crippen molar-refractivity contribution in [3.63, 3.8) is 0 Å². The Hall–Kier alpha value is -2.25. The fourth-order valence-corrected chi connectivity index (χ4v) is 4.57. The Labute approximate surface area is 204 Å². The third kappa shape index (κ3) is 7.11. The number of aliphatic carboxylic acids is 1. The van der Waals surface area contributed by atoms with Gasteiger partial charge in [0.1, 0.15) is 6.04 Å². The SMILES string of the molecule is Cc1ccc(Br)c(C)c1C(=O)N[C@@H](CCOCCCCc1ccc2c(n1)CCCC2)C(=O)O. The highest BCUT2D eigenvalue weighted by Gasteiger charge is 2.23. The van der Waals surface area contributed by atoms with Crippen molar-refractivity contribution >= 4 is 27.8 Å². The maximum Gasteiger partial charge on any atom is 0.326 e. The minimum atomic E-state index is -1.06. The molecule has 0 radical (unpaired) electrons. The van der Waals surface area contributed by atoms with Crippen LogP contribution in [0.3, 0.4) is 0 Å². The predicted molar refractivity (Wildman–Crippen MR) is 132 cm³/mol. The van der Waals surface area contributed by atoms with Crippen molar-refractivity contribution in [2.75, 3.05) is 13.2 Å². The second-order valence-electron chi connectivity index (χ2n) is 8.70. The second kappa shape index (κ2) is 12.3. The van der Waals surface area contributed by atoms with E-state index in [2.05, 4.69) is 33.4 Å². The highest BCUT2D eigenvalue weighted by Crippen LogP contribution is 2.23. The maximum atomic E-state index is 12.7. The molecule has 7 heteroatoms. The van der Waals surface area contributed by atoms with E-state index in [0.717, 1.165) is 53.4 Å². The lowest BCUT2D eigenvalue weighted by atomic mass is 9.95. The van der Waals surface area contributed by atoms with Crippen molar-refractivity contribution in [1.82, 2.24) is 10.3 Å². The Morgan fingerprint density at radius 3 is 2.70 bits per heavy atom. The molecule has 0 aliphatic heterocycles. The van der Waals surface area contributed by atoms with Gasteiger partial charge in [-0.15, -0.1) is 0 Å². The van der Waals surface area contributed by atoms with Gasteiger partial charge in [-0.3, -0.25) is 9.78 Å². The summed E-state index contributed by atoms with van der Waals surface area (Å²) in [5, 5.41) is 12.2. The number of hydrogen-bond acceptors (Lipinski definition) is 4. The molecule has 0 saturated carbocycles. The van der Waals surface area contributed by atoms with E-state index in [4.69, 9.17) is 9.72 Å². The summed E-state index contributed by atoms with van der Waals surface area (Å²) in [6.07, 6.45) is 7.75. The number of fused-ring (bicyclic) bond motifs is 1. The lowest BCUT2D eigenvalue weighted by molar-refractivity contribution is -0.139. The lowest BCUT2D eigenvalue weighted by Crippen LogP contribution is -2.42. The van der Waals surface area contributed by atoms with Gasteiger partial charge in [0, 0.05) is 41.1 Å². The minimum absolute atomic E-state index is 0.222. The molecule has 3 rings (SSSR count). The molecule has 6 nitrogen and oxygen atoms in total. The first-order chi connectivity index (χ1) is 15.9. The number of aryl methyl sites for hydroxylation is 4. The van der Waals surface area contributed by atoms with Gasteiger partial charge in [0.2, 0.25) is 0 Å². The average Bonchev–Trinajstić information content (AvgIpc) is 2.80. The third-order valence-corrected chi connectivity index (χ3v) is 7.06. The van der Waals surface area contributed by atoms with Crippen LogP contribution in [0.5, 0.6) is 0 Å². The smallest absolute Gasteiger partial charge is 0.326 e. The van der Waals surface area contributed by atoms with Crippen LogP contribution in [0, 0.1) is 13.8 Å². The van der Waals surface area contributed by atoms with Crippen LogP contribution in [0.25, 0.3) is 0 Å². The van der Waals surface area contributed by atoms with E-state index in [9.17, 15) is 14.7 Å². The molecule has 1 aromatic heterocycles. The van der Waals surface area contributed by atoms with E-state index in [1.165, 1.54) is 24.1 Å². The van der Waals surface area contributed by atoms with Crippen LogP contribution < -0.4 is 5.32 Å². The van der Waals surface area contributed by atoms with E-state index >= 15 is 0 Å². The van der Waals surface area contributed by atoms with E-state index in [1.54, 1.807) is 0 Å². The Balaban J connectivity index is 1.38. The highest BCUT2D eigenvalue weighted by molar-refractivity contribution is 9.10. The van der Waals surface area contributed by atoms with Crippen molar-refractivity contribution in [3.05, 3.63) is 62.4 Å². The van der Waals surface area contributed by atoms with Crippen LogP contribution in [0.15, 0.2) is 28.7 Å². The molecule has 1 aromatic carbocycles. The van der Waals surface area contributed by atoms with Crippen molar-refractivity contribution in [1.29, 1.82) is 0 Å². The first-order valence-corrected chi connectivity index (χ1v) is 12.5. The fourth-order valence-electron chi connectivity index (χ4n) is 4.24. The minimum Gasteiger partial charge on any atom is -0.480 e. The molecule has 0 fully saturated rings. The molecule has 33 heavy (non-hydrogen) atoms. The number of benzene rings is 1. The van der Waals surface area contributed by atoms with Gasteiger partial charge >= 0.3 is 5.97 Å². The molecule has 1 atom stereocenters. The number of carbonyl (C=O) groups is 2. The summed E-state index contributed by atoms with van der Waals surface area (Å²) in [6.45, 7) is 4.53. The topological polar surface area (TPSA) is 88.5 Å². The summed E-state index contributed by atoms with van der Waals surface area (Å²) in [6, 6.07) is 7.09. The van der Waals surface area contributed by atoms with Crippen molar-refractivity contribution in [3.8, 4) is 0 Å². The summed E-state index contributed by atoms with van der Waals surface area (Å²) in [5.74, 6) is -1.44. The van der Waals surface area contributed by atoms with Gasteiger partial charge in [-0.2, -0.15) is 0 Å². The molecule has 0 spiro atoms. The van der Waals surface area contributed by atoms with Crippen LogP contribution in [0.4, 0.5) is 0 Å². The van der Waals surface area contributed by atoms with Gasteiger partial charge in [-0.1, -0.05) is 28.1 Å². The number of rotatable bonds is 11. The zero-order chi connectivity index (χ0) is 23.8. The Kier molecular flexibility index (Phi) is 9.44. The molecule has 1 aliphatic rings. The maximum absolute atomic E-state index is 12.7. The van der Waals surface area contributed by atoms with Gasteiger partial charge in [0.05, 0.1) is 0 Å². The number of pyridine rings is 1. The largest absolute Gasteiger partial charge is 0.480 e. The number of nitrogens with zero attached hydrogens (tertiary/aromatic N) is 1. The summed E-state index contributed by atoms with van der Waals surface area (Å²) in [4.78, 5) is 29.2. The van der Waals surface area contributed by atoms with Gasteiger partial charge in [-0.05, 0) is 87.6 Å². The van der Waals surface area contributed by atoms with Crippen molar-refractivity contribution in [2.24, 2.45) is 0 Å². The van der Waals surface area contributed by atoms with Gasteiger partial charge in [0.15, 0.2) is 0 Å². The number of hydrogen-bond donors (Lipinski definition) is 2. The molecule has 1 aliphatic carbocycles. The Bertz CT molecular complexity index is 992. The monoisotopic (exact) mass is 516 g/mol. The molecule has 1 heterocycles. The Morgan fingerprint density at radius 1 is 1.12 bits per heavy atom. The van der Waals surface area contributed by atoms with Crippen LogP contribution in [-0.4, -0.2) is 41.2 Å². The highest BCUT2D eigenvalue weighted by atomic mass is 79.9. The molecule has 1 amide bonds. The van der Waals surface area contributed by atoms with Crippen LogP contribution in [-0.2, 0) is 28.8 Å². The second-order valence-corrected chi connectivity index (χ2v) is 9.56. The van der Waals surface area contributed by atoms with E-state index in [1.807, 2.05) is 26.0 Å². The van der Waals surface area contributed by atoms with Crippen molar-refractivity contribution < 1.29 is 19.4 Å². The van der Waals surface area contributed by atoms with Gasteiger partial charge < -0.3 is 15.2 Å². The van der Waals surface area contributed by atoms with Gasteiger partial charge in [0.25, 0.3) is 5.91 Å². The van der Waals surface area contributed by atoms with Crippen LogP contribution in [0.1, 0.15) is 70.5 Å². The molecule has 178 valence electrons. The molecule has 0 unspecified atom stereocenters. The zero-order valence-electron chi connectivity index (χ0n) is 19.5. The number of nitrogens with one attached hydrogen (secondary N) is 1. The number of carboxylic acid groups (broad SMARTS) is 1. The number of amides is 1. The van der Waals surface area contributed by atoms with Crippen molar-refractivity contribution in [2.45, 2.75) is 71.3 Å². The zero-order valence-corrected chi connectivity index (χ0v) is 21.0. The number of ether oxygens (including phenoxy) is 1. The fraction of sp³-hybridized carbons (Fsp3) is 0.500. The van der Waals surface area contributed by atoms with E-state index in [0.29, 0.717) is 12.2 Å². The molecule has 0 saturated heterocycles. The number of carboxylic acids is 1. The number of carbonyl (C=O) groups excluding carboxylic acids is 1. The molecule has 0 bridgehead atoms. The molecular formula is C26H33BrN2O4. The number of unbranched alkanes of at least 4 members (excludes halogenated alkanes) is 1. The van der Waals surface area contributed by atoms with Gasteiger partial charge in [-0.25, -0.2) is 4.79 Å². The molecule has 2 aromatic rings. The lowest BCUT2D eigenvalue weighted by Gasteiger charge is -2.17. The normalized spacial score (nSPS) is 13.9. The predicted octanol–water partition coefficient (Wildman–Crippen LogP) is 4.95. The quantitative estimate of drug-likeness (QED) is 0.412. The van der Waals surface area contributed by atoms with E-state index in [-0.39, 0.29) is 18.9 Å². The molecular weight excluding hydrogens is 484 g/mol. The first-order valence-electron chi connectivity index (χ1n) is 11.7. The van der Waals surface area contributed by atoms with Crippen LogP contribution >= 0.6 is 15.9 Å². The average molecular weight is 517 g/mol. The number of aromatic nitrogens is 1. The first kappa shape index (κ1) is 25.4. The summed E-state index contributed by atoms with van der Waals surface area (Å²) in [7, 11) is 0. The standard InChI is InChI=1S/C26H33BrN2O4/c1-17-10-13-21(27)18(2)24(17)25(30)29-23(26(31)32)14-16-33-15-6-5-8-20-12-11-19-7-3-4-9-22(19)28-20/h10-13,23H,3-9,14-16H2,1-2H3,(H,29,30)(H,31,32)/t23-/m0/s1. The van der Waals surface area contributed by atoms with Crippen LogP contribution in [0.2, 0.25) is 0 Å². The summed E-state index contributed by atoms with van der Waals surface area (Å²) < 4.78 is 6.47.